The molecule has 0 atom stereocenters. The Kier molecular flexibility index (Phi) is 4.52. The van der Waals surface area contributed by atoms with Crippen molar-refractivity contribution >= 4 is 23.1 Å². The van der Waals surface area contributed by atoms with E-state index in [1.165, 1.54) is 10.4 Å². The standard InChI is InChI=1S/C10H15N5S2/c1-8-3-5-16-9(8)7-11-4-6-17-10-12-13-14-15(10)2/h3,5,11H,4,6-7H2,1-2H3/p+1. The molecule has 2 aromatic rings. The largest absolute Gasteiger partial charge is 0.341 e. The van der Waals surface area contributed by atoms with E-state index in [-0.39, 0.29) is 0 Å². The fraction of sp³-hybridized carbons (Fsp3) is 0.500. The van der Waals surface area contributed by atoms with Crippen molar-refractivity contribution in [3.05, 3.63) is 21.9 Å². The van der Waals surface area contributed by atoms with Gasteiger partial charge in [0.2, 0.25) is 5.16 Å². The van der Waals surface area contributed by atoms with Crippen molar-refractivity contribution in [2.75, 3.05) is 12.3 Å². The van der Waals surface area contributed by atoms with Crippen LogP contribution >= 0.6 is 23.1 Å². The molecule has 7 heteroatoms. The number of nitrogens with zero attached hydrogens (tertiary/aromatic N) is 4. The topological polar surface area (TPSA) is 60.2 Å². The monoisotopic (exact) mass is 270 g/mol. The van der Waals surface area contributed by atoms with Crippen LogP contribution in [0.15, 0.2) is 16.6 Å². The van der Waals surface area contributed by atoms with Gasteiger partial charge in [-0.05, 0) is 34.4 Å². The van der Waals surface area contributed by atoms with Gasteiger partial charge in [-0.2, -0.15) is 0 Å². The number of hydrogen-bond acceptors (Lipinski definition) is 5. The summed E-state index contributed by atoms with van der Waals surface area (Å²) in [5.74, 6) is 1.03. The molecule has 0 amide bonds. The predicted octanol–water partition coefficient (Wildman–Crippen LogP) is 0.436. The Morgan fingerprint density at radius 1 is 1.53 bits per heavy atom. The zero-order chi connectivity index (χ0) is 12.1. The summed E-state index contributed by atoms with van der Waals surface area (Å²) in [4.78, 5) is 1.47. The van der Waals surface area contributed by atoms with E-state index >= 15 is 0 Å². The molecule has 2 aromatic heterocycles. The molecule has 0 bridgehead atoms. The van der Waals surface area contributed by atoms with Crippen LogP contribution in [0.4, 0.5) is 0 Å². The number of aromatic nitrogens is 4. The van der Waals surface area contributed by atoms with Gasteiger partial charge in [0.25, 0.3) is 0 Å². The van der Waals surface area contributed by atoms with Crippen LogP contribution in [-0.4, -0.2) is 32.5 Å². The molecule has 17 heavy (non-hydrogen) atoms. The number of quaternary nitrogens is 1. The van der Waals surface area contributed by atoms with Crippen molar-refractivity contribution < 1.29 is 5.32 Å². The molecule has 0 aliphatic carbocycles. The third-order valence-corrected chi connectivity index (χ3v) is 4.52. The maximum absolute atomic E-state index is 3.93. The molecule has 0 saturated heterocycles. The number of tetrazole rings is 1. The molecule has 0 saturated carbocycles. The van der Waals surface area contributed by atoms with Gasteiger partial charge in [0, 0.05) is 7.05 Å². The summed E-state index contributed by atoms with van der Waals surface area (Å²) in [6.07, 6.45) is 0. The highest BCUT2D eigenvalue weighted by molar-refractivity contribution is 7.99. The summed E-state index contributed by atoms with van der Waals surface area (Å²) in [5, 5.41) is 16.7. The van der Waals surface area contributed by atoms with Gasteiger partial charge in [-0.3, -0.25) is 0 Å². The fourth-order valence-corrected chi connectivity index (χ4v) is 3.11. The van der Waals surface area contributed by atoms with Crippen LogP contribution in [-0.2, 0) is 13.6 Å². The predicted molar refractivity (Wildman–Crippen MR) is 69.1 cm³/mol. The Hall–Kier alpha value is -0.920. The molecular formula is C10H16N5S2+. The van der Waals surface area contributed by atoms with Gasteiger partial charge in [0.15, 0.2) is 0 Å². The van der Waals surface area contributed by atoms with Crippen molar-refractivity contribution in [2.45, 2.75) is 18.6 Å². The van der Waals surface area contributed by atoms with Crippen molar-refractivity contribution in [3.8, 4) is 0 Å². The first-order valence-corrected chi connectivity index (χ1v) is 7.33. The van der Waals surface area contributed by atoms with Crippen LogP contribution in [0, 0.1) is 6.92 Å². The molecule has 0 unspecified atom stereocenters. The summed E-state index contributed by atoms with van der Waals surface area (Å²) in [7, 11) is 1.86. The van der Waals surface area contributed by atoms with Gasteiger partial charge < -0.3 is 5.32 Å². The smallest absolute Gasteiger partial charge is 0.209 e. The van der Waals surface area contributed by atoms with Crippen LogP contribution in [0.3, 0.4) is 0 Å². The first-order chi connectivity index (χ1) is 8.27. The molecule has 0 aliphatic rings. The zero-order valence-electron chi connectivity index (χ0n) is 9.96. The maximum Gasteiger partial charge on any atom is 0.209 e. The number of aryl methyl sites for hydroxylation is 2. The van der Waals surface area contributed by atoms with Crippen LogP contribution in [0.25, 0.3) is 0 Å². The number of nitrogens with two attached hydrogens (primary N) is 1. The summed E-state index contributed by atoms with van der Waals surface area (Å²) < 4.78 is 1.70. The van der Waals surface area contributed by atoms with E-state index in [2.05, 4.69) is 39.2 Å². The summed E-state index contributed by atoms with van der Waals surface area (Å²) >= 11 is 3.53. The maximum atomic E-state index is 3.93. The average Bonchev–Trinajstić information content (AvgIpc) is 2.89. The van der Waals surface area contributed by atoms with Crippen molar-refractivity contribution in [2.24, 2.45) is 7.05 Å². The lowest BCUT2D eigenvalue weighted by molar-refractivity contribution is -0.666. The highest BCUT2D eigenvalue weighted by atomic mass is 32.2. The first kappa shape index (κ1) is 12.5. The molecule has 2 N–H and O–H groups in total. The van der Waals surface area contributed by atoms with Gasteiger partial charge in [0.1, 0.15) is 6.54 Å². The zero-order valence-corrected chi connectivity index (χ0v) is 11.6. The van der Waals surface area contributed by atoms with Crippen molar-refractivity contribution in [1.82, 2.24) is 20.2 Å². The molecule has 0 fully saturated rings. The van der Waals surface area contributed by atoms with Gasteiger partial charge in [-0.15, -0.1) is 16.4 Å². The molecule has 0 aliphatic heterocycles. The summed E-state index contributed by atoms with van der Waals surface area (Å²) in [5.41, 5.74) is 1.40. The van der Waals surface area contributed by atoms with Gasteiger partial charge in [-0.25, -0.2) is 4.68 Å². The highest BCUT2D eigenvalue weighted by Gasteiger charge is 2.04. The summed E-state index contributed by atoms with van der Waals surface area (Å²) in [6.45, 7) is 4.32. The van der Waals surface area contributed by atoms with E-state index in [1.807, 2.05) is 18.4 Å². The minimum Gasteiger partial charge on any atom is -0.341 e. The molecule has 0 radical (unpaired) electrons. The average molecular weight is 270 g/mol. The SMILES string of the molecule is Cc1ccsc1C[NH2+]CCSc1nnnn1C. The molecule has 0 spiro atoms. The second-order valence-corrected chi connectivity index (χ2v) is 5.80. The van der Waals surface area contributed by atoms with E-state index < -0.39 is 0 Å². The quantitative estimate of drug-likeness (QED) is 0.611. The van der Waals surface area contributed by atoms with E-state index in [4.69, 9.17) is 0 Å². The van der Waals surface area contributed by atoms with Crippen LogP contribution in [0.5, 0.6) is 0 Å². The highest BCUT2D eigenvalue weighted by Crippen LogP contribution is 2.13. The molecular weight excluding hydrogens is 254 g/mol. The Morgan fingerprint density at radius 2 is 2.41 bits per heavy atom. The van der Waals surface area contributed by atoms with Crippen molar-refractivity contribution in [3.63, 3.8) is 0 Å². The Labute approximate surface area is 109 Å². The van der Waals surface area contributed by atoms with Gasteiger partial charge in [-0.1, -0.05) is 11.8 Å². The van der Waals surface area contributed by atoms with E-state index in [0.717, 1.165) is 24.0 Å². The minimum absolute atomic E-state index is 0.880. The number of thiophene rings is 1. The number of hydrogen-bond donors (Lipinski definition) is 1. The third kappa shape index (κ3) is 3.52. The molecule has 0 aromatic carbocycles. The molecule has 5 nitrogen and oxygen atoms in total. The van der Waals surface area contributed by atoms with Gasteiger partial charge in [0.05, 0.1) is 17.2 Å². The van der Waals surface area contributed by atoms with Crippen LogP contribution in [0.1, 0.15) is 10.4 Å². The lowest BCUT2D eigenvalue weighted by atomic mass is 10.3. The second kappa shape index (κ2) is 6.13. The fourth-order valence-electron chi connectivity index (χ4n) is 1.42. The van der Waals surface area contributed by atoms with Crippen LogP contribution < -0.4 is 5.32 Å². The second-order valence-electron chi connectivity index (χ2n) is 3.74. The lowest BCUT2D eigenvalue weighted by Gasteiger charge is -2.00. The van der Waals surface area contributed by atoms with Crippen molar-refractivity contribution in [1.29, 1.82) is 0 Å². The molecule has 2 rings (SSSR count). The summed E-state index contributed by atoms with van der Waals surface area (Å²) in [6, 6.07) is 2.17. The number of rotatable bonds is 6. The third-order valence-electron chi connectivity index (χ3n) is 2.43. The van der Waals surface area contributed by atoms with E-state index in [1.54, 1.807) is 16.4 Å². The Morgan fingerprint density at radius 3 is 3.06 bits per heavy atom. The van der Waals surface area contributed by atoms with Crippen LogP contribution in [0.2, 0.25) is 0 Å². The molecule has 2 heterocycles. The Balaban J connectivity index is 1.64. The first-order valence-electron chi connectivity index (χ1n) is 5.47. The normalized spacial score (nSPS) is 10.9. The number of thioether (sulfide) groups is 1. The minimum atomic E-state index is 0.880. The van der Waals surface area contributed by atoms with E-state index in [9.17, 15) is 0 Å². The Bertz CT molecular complexity index is 422. The van der Waals surface area contributed by atoms with E-state index in [0.29, 0.717) is 0 Å². The molecule has 92 valence electrons. The van der Waals surface area contributed by atoms with Gasteiger partial charge >= 0.3 is 0 Å². The lowest BCUT2D eigenvalue weighted by Crippen LogP contribution is -2.83.